The van der Waals surface area contributed by atoms with Crippen LogP contribution in [0, 0.1) is 6.92 Å². The van der Waals surface area contributed by atoms with Crippen molar-refractivity contribution in [3.63, 3.8) is 0 Å². The van der Waals surface area contributed by atoms with E-state index in [-0.39, 0.29) is 10.5 Å². The van der Waals surface area contributed by atoms with Crippen LogP contribution in [-0.4, -0.2) is 13.4 Å². The second kappa shape index (κ2) is 5.70. The van der Waals surface area contributed by atoms with Crippen LogP contribution in [0.5, 0.6) is 0 Å². The number of hydrogen-bond donors (Lipinski definition) is 2. The van der Waals surface area contributed by atoms with Crippen LogP contribution >= 0.6 is 11.6 Å². The minimum atomic E-state index is -3.79. The summed E-state index contributed by atoms with van der Waals surface area (Å²) < 4.78 is 28.9. The van der Waals surface area contributed by atoms with Crippen molar-refractivity contribution in [2.45, 2.75) is 11.8 Å². The summed E-state index contributed by atoms with van der Waals surface area (Å²) in [6.45, 7) is 1.68. The summed E-state index contributed by atoms with van der Waals surface area (Å²) in [5, 5.41) is 6.37. The molecule has 6 nitrogen and oxygen atoms in total. The molecular formula is C18H13ClN2O4S. The van der Waals surface area contributed by atoms with Gasteiger partial charge in [0.25, 0.3) is 5.56 Å². The molecule has 0 aliphatic carbocycles. The Hall–Kier alpha value is -2.61. The van der Waals surface area contributed by atoms with Gasteiger partial charge in [0.2, 0.25) is 10.0 Å². The predicted molar refractivity (Wildman–Crippen MR) is 101 cm³/mol. The number of benzene rings is 2. The third-order valence-corrected chi connectivity index (χ3v) is 5.47. The van der Waals surface area contributed by atoms with Crippen LogP contribution in [0.1, 0.15) is 5.56 Å². The Bertz CT molecular complexity index is 1340. The molecule has 0 spiro atoms. The molecular weight excluding hydrogens is 376 g/mol. The normalized spacial score (nSPS) is 12.1. The second-order valence-corrected chi connectivity index (χ2v) is 7.97. The summed E-state index contributed by atoms with van der Waals surface area (Å²) >= 11 is 6.06. The number of H-pyrrole nitrogens is 1. The van der Waals surface area contributed by atoms with Crippen molar-refractivity contribution in [2.24, 2.45) is 5.14 Å². The minimum absolute atomic E-state index is 0.00336. The van der Waals surface area contributed by atoms with Gasteiger partial charge in [0.05, 0.1) is 10.4 Å². The van der Waals surface area contributed by atoms with Gasteiger partial charge in [0.15, 0.2) is 5.58 Å². The number of aromatic nitrogens is 1. The first-order valence-electron chi connectivity index (χ1n) is 7.63. The third-order valence-electron chi connectivity index (χ3n) is 4.30. The Morgan fingerprint density at radius 3 is 2.46 bits per heavy atom. The molecule has 0 saturated carbocycles. The highest BCUT2D eigenvalue weighted by Gasteiger charge is 2.18. The molecule has 0 aliphatic heterocycles. The SMILES string of the molecule is Cc1c(-c2ccc(S(N)(=O)=O)cc2)c2oc3ccc(Cl)cc3c2[nH]c1=O. The lowest BCUT2D eigenvalue weighted by Crippen LogP contribution is -2.12. The van der Waals surface area contributed by atoms with E-state index >= 15 is 0 Å². The number of sulfonamides is 1. The molecule has 0 unspecified atom stereocenters. The smallest absolute Gasteiger partial charge is 0.252 e. The molecule has 0 aliphatic rings. The average molecular weight is 389 g/mol. The molecule has 0 saturated heterocycles. The number of rotatable bonds is 2. The lowest BCUT2D eigenvalue weighted by atomic mass is 10.0. The van der Waals surface area contributed by atoms with Crippen molar-refractivity contribution in [3.8, 4) is 11.1 Å². The number of fused-ring (bicyclic) bond motifs is 3. The van der Waals surface area contributed by atoms with Gasteiger partial charge < -0.3 is 9.40 Å². The van der Waals surface area contributed by atoms with Gasteiger partial charge in [-0.3, -0.25) is 4.79 Å². The number of nitrogens with one attached hydrogen (secondary N) is 1. The second-order valence-electron chi connectivity index (χ2n) is 5.97. The minimum Gasteiger partial charge on any atom is -0.454 e. The van der Waals surface area contributed by atoms with Gasteiger partial charge in [0, 0.05) is 21.5 Å². The van der Waals surface area contributed by atoms with Gasteiger partial charge in [-0.1, -0.05) is 23.7 Å². The van der Waals surface area contributed by atoms with E-state index in [1.54, 1.807) is 37.3 Å². The van der Waals surface area contributed by atoms with Gasteiger partial charge in [-0.15, -0.1) is 0 Å². The lowest BCUT2D eigenvalue weighted by Gasteiger charge is -2.07. The topological polar surface area (TPSA) is 106 Å². The molecule has 4 aromatic rings. The summed E-state index contributed by atoms with van der Waals surface area (Å²) in [7, 11) is -3.79. The first-order valence-corrected chi connectivity index (χ1v) is 9.56. The molecule has 2 aromatic carbocycles. The number of primary sulfonamides is 1. The van der Waals surface area contributed by atoms with Crippen LogP contribution < -0.4 is 10.7 Å². The standard InChI is InChI=1S/C18H13ClN2O4S/c1-9-15(10-2-5-12(6-3-10)26(20,23)24)17-16(21-18(9)22)13-8-11(19)4-7-14(13)25-17/h2-8H,1H3,(H,21,22)(H2,20,23,24). The summed E-state index contributed by atoms with van der Waals surface area (Å²) in [5.41, 5.74) is 3.09. The van der Waals surface area contributed by atoms with Gasteiger partial charge in [-0.25, -0.2) is 13.6 Å². The van der Waals surface area contributed by atoms with Crippen molar-refractivity contribution < 1.29 is 12.8 Å². The fourth-order valence-electron chi connectivity index (χ4n) is 3.02. The van der Waals surface area contributed by atoms with Crippen molar-refractivity contribution >= 4 is 43.7 Å². The lowest BCUT2D eigenvalue weighted by molar-refractivity contribution is 0.598. The predicted octanol–water partition coefficient (Wildman–Crippen LogP) is 3.55. The summed E-state index contributed by atoms with van der Waals surface area (Å²) in [6, 6.07) is 11.2. The zero-order valence-electron chi connectivity index (χ0n) is 13.5. The molecule has 0 atom stereocenters. The molecule has 2 heterocycles. The molecule has 0 radical (unpaired) electrons. The van der Waals surface area contributed by atoms with Crippen molar-refractivity contribution in [3.05, 3.63) is 63.4 Å². The molecule has 0 fully saturated rings. The van der Waals surface area contributed by atoms with Crippen LogP contribution in [0.2, 0.25) is 5.02 Å². The number of halogens is 1. The van der Waals surface area contributed by atoms with E-state index in [9.17, 15) is 13.2 Å². The quantitative estimate of drug-likeness (QED) is 0.547. The zero-order chi connectivity index (χ0) is 18.6. The van der Waals surface area contributed by atoms with E-state index in [0.29, 0.717) is 43.8 Å². The van der Waals surface area contributed by atoms with Crippen molar-refractivity contribution in [1.29, 1.82) is 0 Å². The maximum atomic E-state index is 12.4. The highest BCUT2D eigenvalue weighted by molar-refractivity contribution is 7.89. The van der Waals surface area contributed by atoms with Gasteiger partial charge in [-0.05, 0) is 42.8 Å². The number of hydrogen-bond acceptors (Lipinski definition) is 4. The highest BCUT2D eigenvalue weighted by Crippen LogP contribution is 2.36. The Balaban J connectivity index is 2.07. The molecule has 132 valence electrons. The number of nitrogens with two attached hydrogens (primary N) is 1. The van der Waals surface area contributed by atoms with E-state index < -0.39 is 10.0 Å². The fourth-order valence-corrected chi connectivity index (χ4v) is 3.71. The largest absolute Gasteiger partial charge is 0.454 e. The van der Waals surface area contributed by atoms with Crippen molar-refractivity contribution in [2.75, 3.05) is 0 Å². The summed E-state index contributed by atoms with van der Waals surface area (Å²) in [5.74, 6) is 0. The zero-order valence-corrected chi connectivity index (χ0v) is 15.1. The van der Waals surface area contributed by atoms with Crippen LogP contribution in [0.15, 0.2) is 56.6 Å². The van der Waals surface area contributed by atoms with E-state index in [4.69, 9.17) is 21.2 Å². The van der Waals surface area contributed by atoms with E-state index in [1.165, 1.54) is 12.1 Å². The Morgan fingerprint density at radius 1 is 1.12 bits per heavy atom. The van der Waals surface area contributed by atoms with E-state index in [1.807, 2.05) is 0 Å². The first kappa shape index (κ1) is 16.8. The van der Waals surface area contributed by atoms with Crippen LogP contribution in [-0.2, 0) is 10.0 Å². The summed E-state index contributed by atoms with van der Waals surface area (Å²) in [6.07, 6.45) is 0. The number of furan rings is 1. The highest BCUT2D eigenvalue weighted by atomic mass is 35.5. The van der Waals surface area contributed by atoms with Crippen LogP contribution in [0.3, 0.4) is 0 Å². The van der Waals surface area contributed by atoms with Crippen molar-refractivity contribution in [1.82, 2.24) is 4.98 Å². The first-order chi connectivity index (χ1) is 12.3. The maximum absolute atomic E-state index is 12.4. The Morgan fingerprint density at radius 2 is 1.81 bits per heavy atom. The summed E-state index contributed by atoms with van der Waals surface area (Å²) in [4.78, 5) is 15.3. The molecule has 4 rings (SSSR count). The molecule has 3 N–H and O–H groups in total. The Kier molecular flexibility index (Phi) is 3.69. The fraction of sp³-hybridized carbons (Fsp3) is 0.0556. The van der Waals surface area contributed by atoms with E-state index in [2.05, 4.69) is 4.98 Å². The third kappa shape index (κ3) is 2.61. The van der Waals surface area contributed by atoms with Gasteiger partial charge >= 0.3 is 0 Å². The monoisotopic (exact) mass is 388 g/mol. The Labute approximate surface area is 153 Å². The average Bonchev–Trinajstić information content (AvgIpc) is 2.92. The molecule has 0 bridgehead atoms. The molecule has 26 heavy (non-hydrogen) atoms. The maximum Gasteiger partial charge on any atom is 0.252 e. The molecule has 8 heteroatoms. The van der Waals surface area contributed by atoms with Gasteiger partial charge in [-0.2, -0.15) is 0 Å². The van der Waals surface area contributed by atoms with E-state index in [0.717, 1.165) is 0 Å². The van der Waals surface area contributed by atoms with Gasteiger partial charge in [0.1, 0.15) is 5.58 Å². The molecule has 0 amide bonds. The van der Waals surface area contributed by atoms with Crippen LogP contribution in [0.25, 0.3) is 33.2 Å². The van der Waals surface area contributed by atoms with Crippen LogP contribution in [0.4, 0.5) is 0 Å². The molecule has 2 aromatic heterocycles. The number of aromatic amines is 1. The number of pyridine rings is 1.